The van der Waals surface area contributed by atoms with Crippen molar-refractivity contribution in [3.8, 4) is 5.75 Å². The number of ether oxygens (including phenoxy) is 2. The normalized spacial score (nSPS) is 22.2. The van der Waals surface area contributed by atoms with Crippen molar-refractivity contribution in [3.05, 3.63) is 23.8 Å². The van der Waals surface area contributed by atoms with Gasteiger partial charge in [-0.1, -0.05) is 26.8 Å². The van der Waals surface area contributed by atoms with Gasteiger partial charge in [0.05, 0.1) is 18.9 Å². The maximum atomic E-state index is 5.61. The Hall–Kier alpha value is -1.22. The first-order valence-electron chi connectivity index (χ1n) is 7.50. The van der Waals surface area contributed by atoms with Gasteiger partial charge in [-0.25, -0.2) is 0 Å². The van der Waals surface area contributed by atoms with Crippen LogP contribution in [0.5, 0.6) is 5.75 Å². The number of rotatable bonds is 5. The van der Waals surface area contributed by atoms with Crippen LogP contribution in [0.3, 0.4) is 0 Å². The van der Waals surface area contributed by atoms with E-state index in [1.54, 1.807) is 7.11 Å². The summed E-state index contributed by atoms with van der Waals surface area (Å²) in [5, 5.41) is 3.59. The lowest BCUT2D eigenvalue weighted by Crippen LogP contribution is -2.40. The van der Waals surface area contributed by atoms with Gasteiger partial charge in [-0.05, 0) is 42.9 Å². The van der Waals surface area contributed by atoms with Crippen LogP contribution in [0, 0.1) is 0 Å². The molecule has 1 saturated carbocycles. The third-order valence-corrected chi connectivity index (χ3v) is 3.92. The maximum absolute atomic E-state index is 5.61. The van der Waals surface area contributed by atoms with Crippen LogP contribution in [0.4, 0.5) is 5.69 Å². The van der Waals surface area contributed by atoms with E-state index in [2.05, 4.69) is 51.2 Å². The van der Waals surface area contributed by atoms with E-state index in [0.29, 0.717) is 12.1 Å². The van der Waals surface area contributed by atoms with Gasteiger partial charge < -0.3 is 14.8 Å². The highest BCUT2D eigenvalue weighted by Gasteiger charge is 2.30. The SMILES string of the molecule is CCOC1CC(Nc2cc(C(C)(C)C)ccc2OC)C1. The number of hydrogen-bond acceptors (Lipinski definition) is 3. The molecule has 20 heavy (non-hydrogen) atoms. The van der Waals surface area contributed by atoms with Gasteiger partial charge in [-0.15, -0.1) is 0 Å². The van der Waals surface area contributed by atoms with Gasteiger partial charge in [0.2, 0.25) is 0 Å². The molecule has 0 bridgehead atoms. The maximum Gasteiger partial charge on any atom is 0.141 e. The second kappa shape index (κ2) is 6.04. The highest BCUT2D eigenvalue weighted by Crippen LogP contribution is 2.34. The Morgan fingerprint density at radius 3 is 2.50 bits per heavy atom. The summed E-state index contributed by atoms with van der Waals surface area (Å²) in [6, 6.07) is 6.91. The predicted molar refractivity (Wildman–Crippen MR) is 83.8 cm³/mol. The molecule has 1 aromatic rings. The van der Waals surface area contributed by atoms with Gasteiger partial charge in [0.1, 0.15) is 5.75 Å². The van der Waals surface area contributed by atoms with Crippen LogP contribution in [0.25, 0.3) is 0 Å². The Labute approximate surface area is 122 Å². The number of anilines is 1. The molecule has 3 heteroatoms. The average molecular weight is 277 g/mol. The second-order valence-electron chi connectivity index (χ2n) is 6.56. The van der Waals surface area contributed by atoms with Crippen LogP contribution in [-0.4, -0.2) is 25.9 Å². The van der Waals surface area contributed by atoms with Crippen LogP contribution in [0.15, 0.2) is 18.2 Å². The molecule has 1 fully saturated rings. The van der Waals surface area contributed by atoms with E-state index < -0.39 is 0 Å². The average Bonchev–Trinajstić information content (AvgIpc) is 2.35. The molecule has 0 aromatic heterocycles. The Balaban J connectivity index is 2.06. The fourth-order valence-electron chi connectivity index (χ4n) is 2.56. The minimum Gasteiger partial charge on any atom is -0.495 e. The lowest BCUT2D eigenvalue weighted by atomic mass is 9.86. The van der Waals surface area contributed by atoms with Gasteiger partial charge in [0.15, 0.2) is 0 Å². The molecule has 0 amide bonds. The van der Waals surface area contributed by atoms with Crippen molar-refractivity contribution in [2.45, 2.75) is 58.1 Å². The van der Waals surface area contributed by atoms with E-state index in [4.69, 9.17) is 9.47 Å². The predicted octanol–water partition coefficient (Wildman–Crippen LogP) is 3.97. The summed E-state index contributed by atoms with van der Waals surface area (Å²) in [5.41, 5.74) is 2.57. The number of methoxy groups -OCH3 is 1. The zero-order valence-electron chi connectivity index (χ0n) is 13.3. The third-order valence-electron chi connectivity index (χ3n) is 3.92. The standard InChI is InChI=1S/C17H27NO2/c1-6-20-14-10-13(11-14)18-15-9-12(17(2,3)4)7-8-16(15)19-5/h7-9,13-14,18H,6,10-11H2,1-5H3. The van der Waals surface area contributed by atoms with Crippen molar-refractivity contribution in [2.24, 2.45) is 0 Å². The monoisotopic (exact) mass is 277 g/mol. The molecule has 0 unspecified atom stereocenters. The van der Waals surface area contributed by atoms with E-state index in [-0.39, 0.29) is 5.41 Å². The minimum absolute atomic E-state index is 0.149. The fourth-order valence-corrected chi connectivity index (χ4v) is 2.56. The molecule has 0 radical (unpaired) electrons. The summed E-state index contributed by atoms with van der Waals surface area (Å²) in [4.78, 5) is 0. The fraction of sp³-hybridized carbons (Fsp3) is 0.647. The molecule has 1 N–H and O–H groups in total. The summed E-state index contributed by atoms with van der Waals surface area (Å²) < 4.78 is 11.1. The summed E-state index contributed by atoms with van der Waals surface area (Å²) in [5.74, 6) is 0.915. The summed E-state index contributed by atoms with van der Waals surface area (Å²) in [6.07, 6.45) is 2.59. The smallest absolute Gasteiger partial charge is 0.141 e. The zero-order chi connectivity index (χ0) is 14.8. The minimum atomic E-state index is 0.149. The van der Waals surface area contributed by atoms with Crippen LogP contribution < -0.4 is 10.1 Å². The van der Waals surface area contributed by atoms with E-state index in [0.717, 1.165) is 30.9 Å². The molecule has 0 saturated heterocycles. The van der Waals surface area contributed by atoms with E-state index in [1.807, 2.05) is 0 Å². The number of hydrogen-bond donors (Lipinski definition) is 1. The van der Waals surface area contributed by atoms with Crippen molar-refractivity contribution in [3.63, 3.8) is 0 Å². The molecular formula is C17H27NO2. The molecule has 0 aliphatic heterocycles. The molecule has 0 heterocycles. The zero-order valence-corrected chi connectivity index (χ0v) is 13.3. The molecule has 1 aliphatic rings. The highest BCUT2D eigenvalue weighted by atomic mass is 16.5. The van der Waals surface area contributed by atoms with Crippen molar-refractivity contribution in [2.75, 3.05) is 19.0 Å². The first kappa shape index (κ1) is 15.2. The lowest BCUT2D eigenvalue weighted by Gasteiger charge is -2.36. The molecule has 2 rings (SSSR count). The van der Waals surface area contributed by atoms with Crippen LogP contribution in [-0.2, 0) is 10.2 Å². The van der Waals surface area contributed by atoms with E-state index in [9.17, 15) is 0 Å². The van der Waals surface area contributed by atoms with Crippen LogP contribution in [0.1, 0.15) is 46.1 Å². The van der Waals surface area contributed by atoms with Gasteiger partial charge >= 0.3 is 0 Å². The molecule has 1 aliphatic carbocycles. The van der Waals surface area contributed by atoms with Gasteiger partial charge in [0, 0.05) is 12.6 Å². The largest absolute Gasteiger partial charge is 0.495 e. The Morgan fingerprint density at radius 1 is 1.25 bits per heavy atom. The summed E-state index contributed by atoms with van der Waals surface area (Å²) in [7, 11) is 1.72. The van der Waals surface area contributed by atoms with Gasteiger partial charge in [0.25, 0.3) is 0 Å². The Kier molecular flexibility index (Phi) is 4.59. The highest BCUT2D eigenvalue weighted by molar-refractivity contribution is 5.59. The van der Waals surface area contributed by atoms with E-state index in [1.165, 1.54) is 5.56 Å². The van der Waals surface area contributed by atoms with Crippen molar-refractivity contribution in [1.82, 2.24) is 0 Å². The first-order valence-corrected chi connectivity index (χ1v) is 7.50. The lowest BCUT2D eigenvalue weighted by molar-refractivity contribution is 0.00295. The summed E-state index contributed by atoms with van der Waals surface area (Å²) in [6.45, 7) is 9.55. The molecule has 112 valence electrons. The summed E-state index contributed by atoms with van der Waals surface area (Å²) >= 11 is 0. The second-order valence-corrected chi connectivity index (χ2v) is 6.56. The quantitative estimate of drug-likeness (QED) is 0.883. The first-order chi connectivity index (χ1) is 9.44. The number of benzene rings is 1. The van der Waals surface area contributed by atoms with E-state index >= 15 is 0 Å². The van der Waals surface area contributed by atoms with Crippen molar-refractivity contribution < 1.29 is 9.47 Å². The third kappa shape index (κ3) is 3.45. The van der Waals surface area contributed by atoms with Gasteiger partial charge in [-0.2, -0.15) is 0 Å². The molecule has 0 spiro atoms. The molecule has 3 nitrogen and oxygen atoms in total. The molecular weight excluding hydrogens is 250 g/mol. The van der Waals surface area contributed by atoms with Crippen LogP contribution in [0.2, 0.25) is 0 Å². The Bertz CT molecular complexity index is 445. The van der Waals surface area contributed by atoms with Crippen LogP contribution >= 0.6 is 0 Å². The molecule has 1 aromatic carbocycles. The topological polar surface area (TPSA) is 30.5 Å². The van der Waals surface area contributed by atoms with Gasteiger partial charge in [-0.3, -0.25) is 0 Å². The Morgan fingerprint density at radius 2 is 1.95 bits per heavy atom. The molecule has 0 atom stereocenters. The number of nitrogens with one attached hydrogen (secondary N) is 1. The van der Waals surface area contributed by atoms with Crippen molar-refractivity contribution >= 4 is 5.69 Å². The van der Waals surface area contributed by atoms with Crippen molar-refractivity contribution in [1.29, 1.82) is 0 Å².